The van der Waals surface area contributed by atoms with Crippen LogP contribution in [-0.2, 0) is 24.3 Å². The summed E-state index contributed by atoms with van der Waals surface area (Å²) in [6.45, 7) is 4.44. The van der Waals surface area contributed by atoms with Crippen LogP contribution in [0.3, 0.4) is 0 Å². The molecule has 0 fully saturated rings. The van der Waals surface area contributed by atoms with Gasteiger partial charge >= 0.3 is 0 Å². The number of thiazole rings is 1. The molecule has 0 saturated heterocycles. The number of methoxy groups -OCH3 is 2. The number of benzene rings is 2. The van der Waals surface area contributed by atoms with E-state index in [0.717, 1.165) is 48.8 Å². The summed E-state index contributed by atoms with van der Waals surface area (Å²) in [7, 11) is 3.31. The molecule has 1 aliphatic rings. The number of amides is 1. The van der Waals surface area contributed by atoms with Crippen LogP contribution < -0.4 is 19.5 Å². The second-order valence-corrected chi connectivity index (χ2v) is 8.59. The van der Waals surface area contributed by atoms with Crippen molar-refractivity contribution in [2.24, 2.45) is 0 Å². The van der Waals surface area contributed by atoms with Crippen LogP contribution in [0.5, 0.6) is 17.2 Å². The van der Waals surface area contributed by atoms with Crippen LogP contribution >= 0.6 is 11.3 Å². The standard InChI is InChI=1S/C24H27N3O4S/c1-16-4-6-20(7-5-16)31-14-23(28)26-24-25-19(15-32-24)13-27-9-8-17-10-21(29-2)22(30-3)11-18(17)12-27/h4-7,10-11,15H,8-9,12-14H2,1-3H3,(H,25,26,28). The summed E-state index contributed by atoms with van der Waals surface area (Å²) in [5.74, 6) is 1.97. The molecule has 32 heavy (non-hydrogen) atoms. The largest absolute Gasteiger partial charge is 0.493 e. The number of ether oxygens (including phenoxy) is 3. The average Bonchev–Trinajstić information content (AvgIpc) is 3.24. The number of anilines is 1. The number of carbonyl (C=O) groups is 1. The molecule has 0 radical (unpaired) electrons. The molecule has 1 amide bonds. The van der Waals surface area contributed by atoms with Gasteiger partial charge in [-0.25, -0.2) is 4.98 Å². The lowest BCUT2D eigenvalue weighted by molar-refractivity contribution is -0.118. The zero-order chi connectivity index (χ0) is 22.5. The fourth-order valence-corrected chi connectivity index (χ4v) is 4.40. The summed E-state index contributed by atoms with van der Waals surface area (Å²) >= 11 is 1.42. The molecule has 0 saturated carbocycles. The minimum Gasteiger partial charge on any atom is -0.493 e. The number of nitrogens with zero attached hydrogens (tertiary/aromatic N) is 2. The predicted molar refractivity (Wildman–Crippen MR) is 125 cm³/mol. The SMILES string of the molecule is COc1cc2c(cc1OC)CN(Cc1csc(NC(=O)COc3ccc(C)cc3)n1)CC2. The Morgan fingerprint density at radius 2 is 1.84 bits per heavy atom. The Morgan fingerprint density at radius 1 is 1.12 bits per heavy atom. The maximum atomic E-state index is 12.2. The Balaban J connectivity index is 1.30. The first-order chi connectivity index (χ1) is 15.5. The lowest BCUT2D eigenvalue weighted by Crippen LogP contribution is -2.30. The molecule has 0 atom stereocenters. The van der Waals surface area contributed by atoms with Gasteiger partial charge in [-0.05, 0) is 48.7 Å². The van der Waals surface area contributed by atoms with Crippen molar-refractivity contribution >= 4 is 22.4 Å². The van der Waals surface area contributed by atoms with Crippen molar-refractivity contribution < 1.29 is 19.0 Å². The summed E-state index contributed by atoms with van der Waals surface area (Å²) in [5, 5.41) is 5.39. The lowest BCUT2D eigenvalue weighted by atomic mass is 9.98. The fraction of sp³-hybridized carbons (Fsp3) is 0.333. The van der Waals surface area contributed by atoms with Crippen LogP contribution in [0, 0.1) is 6.92 Å². The highest BCUT2D eigenvalue weighted by Gasteiger charge is 2.20. The Labute approximate surface area is 191 Å². The van der Waals surface area contributed by atoms with Gasteiger partial charge in [-0.2, -0.15) is 0 Å². The molecular weight excluding hydrogens is 426 g/mol. The zero-order valence-corrected chi connectivity index (χ0v) is 19.3. The highest BCUT2D eigenvalue weighted by molar-refractivity contribution is 7.13. The Hall–Kier alpha value is -3.10. The first-order valence-electron chi connectivity index (χ1n) is 10.4. The van der Waals surface area contributed by atoms with Crippen molar-refractivity contribution in [2.75, 3.05) is 32.7 Å². The van der Waals surface area contributed by atoms with E-state index >= 15 is 0 Å². The summed E-state index contributed by atoms with van der Waals surface area (Å²) in [6, 6.07) is 11.7. The molecule has 1 aromatic heterocycles. The highest BCUT2D eigenvalue weighted by atomic mass is 32.1. The van der Waals surface area contributed by atoms with Gasteiger partial charge in [0.2, 0.25) is 0 Å². The van der Waals surface area contributed by atoms with Crippen LogP contribution in [0.1, 0.15) is 22.4 Å². The van der Waals surface area contributed by atoms with E-state index in [9.17, 15) is 4.79 Å². The second kappa shape index (κ2) is 10.0. The third kappa shape index (κ3) is 5.38. The van der Waals surface area contributed by atoms with Gasteiger partial charge in [0.15, 0.2) is 23.2 Å². The van der Waals surface area contributed by atoms with Crippen LogP contribution in [0.25, 0.3) is 0 Å². The van der Waals surface area contributed by atoms with Crippen LogP contribution in [0.15, 0.2) is 41.8 Å². The third-order valence-corrected chi connectivity index (χ3v) is 6.18. The summed E-state index contributed by atoms with van der Waals surface area (Å²) in [4.78, 5) is 19.1. The molecule has 1 aliphatic heterocycles. The minimum atomic E-state index is -0.223. The number of carbonyl (C=O) groups excluding carboxylic acids is 1. The number of aromatic nitrogens is 1. The second-order valence-electron chi connectivity index (χ2n) is 7.73. The molecule has 3 aromatic rings. The van der Waals surface area contributed by atoms with Crippen LogP contribution in [-0.4, -0.2) is 43.2 Å². The molecule has 7 nitrogen and oxygen atoms in total. The van der Waals surface area contributed by atoms with E-state index < -0.39 is 0 Å². The summed E-state index contributed by atoms with van der Waals surface area (Å²) < 4.78 is 16.4. The molecule has 2 aromatic carbocycles. The van der Waals surface area contributed by atoms with Gasteiger partial charge in [-0.3, -0.25) is 15.0 Å². The number of hydrogen-bond donors (Lipinski definition) is 1. The Kier molecular flexibility index (Phi) is 6.92. The van der Waals surface area contributed by atoms with Crippen molar-refractivity contribution in [2.45, 2.75) is 26.4 Å². The van der Waals surface area contributed by atoms with E-state index in [4.69, 9.17) is 14.2 Å². The minimum absolute atomic E-state index is 0.0494. The van der Waals surface area contributed by atoms with Crippen LogP contribution in [0.2, 0.25) is 0 Å². The van der Waals surface area contributed by atoms with E-state index in [0.29, 0.717) is 10.9 Å². The van der Waals surface area contributed by atoms with Crippen molar-refractivity contribution in [3.05, 3.63) is 64.2 Å². The van der Waals surface area contributed by atoms with E-state index in [1.807, 2.05) is 36.6 Å². The lowest BCUT2D eigenvalue weighted by Gasteiger charge is -2.29. The quantitative estimate of drug-likeness (QED) is 0.555. The van der Waals surface area contributed by atoms with E-state index in [2.05, 4.69) is 27.3 Å². The number of nitrogens with one attached hydrogen (secondary N) is 1. The number of fused-ring (bicyclic) bond motifs is 1. The van der Waals surface area contributed by atoms with Gasteiger partial charge in [0.05, 0.1) is 19.9 Å². The van der Waals surface area contributed by atoms with Crippen LogP contribution in [0.4, 0.5) is 5.13 Å². The fourth-order valence-electron chi connectivity index (χ4n) is 3.68. The molecular formula is C24H27N3O4S. The number of aryl methyl sites for hydroxylation is 1. The van der Waals surface area contributed by atoms with Gasteiger partial charge in [-0.1, -0.05) is 17.7 Å². The first kappa shape index (κ1) is 22.1. The maximum absolute atomic E-state index is 12.2. The zero-order valence-electron chi connectivity index (χ0n) is 18.5. The normalized spacial score (nSPS) is 13.3. The Morgan fingerprint density at radius 3 is 2.56 bits per heavy atom. The van der Waals surface area contributed by atoms with Gasteiger partial charge < -0.3 is 14.2 Å². The summed E-state index contributed by atoms with van der Waals surface area (Å²) in [6.07, 6.45) is 0.944. The van der Waals surface area contributed by atoms with Gasteiger partial charge in [0.25, 0.3) is 5.91 Å². The topological polar surface area (TPSA) is 72.9 Å². The number of rotatable bonds is 8. The van der Waals surface area contributed by atoms with Crippen molar-refractivity contribution in [1.82, 2.24) is 9.88 Å². The van der Waals surface area contributed by atoms with E-state index in [-0.39, 0.29) is 12.5 Å². The third-order valence-electron chi connectivity index (χ3n) is 5.37. The molecule has 2 heterocycles. The maximum Gasteiger partial charge on any atom is 0.264 e. The molecule has 4 rings (SSSR count). The predicted octanol–water partition coefficient (Wildman–Crippen LogP) is 4.04. The van der Waals surface area contributed by atoms with Gasteiger partial charge in [0, 0.05) is 25.0 Å². The monoisotopic (exact) mass is 453 g/mol. The molecule has 0 aliphatic carbocycles. The van der Waals surface area contributed by atoms with Crippen molar-refractivity contribution in [1.29, 1.82) is 0 Å². The molecule has 0 bridgehead atoms. The average molecular weight is 454 g/mol. The Bertz CT molecular complexity index is 1080. The molecule has 168 valence electrons. The molecule has 0 unspecified atom stereocenters. The van der Waals surface area contributed by atoms with Gasteiger partial charge in [0.1, 0.15) is 5.75 Å². The van der Waals surface area contributed by atoms with E-state index in [1.165, 1.54) is 22.5 Å². The molecule has 8 heteroatoms. The smallest absolute Gasteiger partial charge is 0.264 e. The number of hydrogen-bond acceptors (Lipinski definition) is 7. The van der Waals surface area contributed by atoms with E-state index in [1.54, 1.807) is 14.2 Å². The molecule has 1 N–H and O–H groups in total. The van der Waals surface area contributed by atoms with Crippen molar-refractivity contribution in [3.63, 3.8) is 0 Å². The van der Waals surface area contributed by atoms with Crippen molar-refractivity contribution in [3.8, 4) is 17.2 Å². The molecule has 0 spiro atoms. The first-order valence-corrected chi connectivity index (χ1v) is 11.3. The summed E-state index contributed by atoms with van der Waals surface area (Å²) in [5.41, 5.74) is 4.62. The van der Waals surface area contributed by atoms with Gasteiger partial charge in [-0.15, -0.1) is 11.3 Å². The highest BCUT2D eigenvalue weighted by Crippen LogP contribution is 2.33.